The van der Waals surface area contributed by atoms with E-state index in [1.54, 1.807) is 24.4 Å². The van der Waals surface area contributed by atoms with E-state index >= 15 is 0 Å². The van der Waals surface area contributed by atoms with Crippen LogP contribution in [0.2, 0.25) is 0 Å². The molecule has 0 bridgehead atoms. The third kappa shape index (κ3) is 8.32. The van der Waals surface area contributed by atoms with Crippen molar-refractivity contribution in [3.8, 4) is 0 Å². The summed E-state index contributed by atoms with van der Waals surface area (Å²) in [5.41, 5.74) is 6.33. The molecule has 0 atom stereocenters. The predicted octanol–water partition coefficient (Wildman–Crippen LogP) is 5.92. The van der Waals surface area contributed by atoms with E-state index in [-0.39, 0.29) is 18.4 Å². The number of fused-ring (bicyclic) bond motifs is 1. The van der Waals surface area contributed by atoms with Crippen molar-refractivity contribution in [3.05, 3.63) is 117 Å². The lowest BCUT2D eigenvalue weighted by Gasteiger charge is -2.18. The maximum absolute atomic E-state index is 13.5. The number of carbonyl (C=O) groups is 3. The maximum atomic E-state index is 13.5. The number of nitrogens with zero attached hydrogens (tertiary/aromatic N) is 2. The van der Waals surface area contributed by atoms with Crippen LogP contribution in [0.3, 0.4) is 0 Å². The minimum atomic E-state index is -0.977. The molecule has 0 saturated carbocycles. The highest BCUT2D eigenvalue weighted by Crippen LogP contribution is 2.35. The van der Waals surface area contributed by atoms with Crippen molar-refractivity contribution in [2.45, 2.75) is 34.2 Å². The number of aromatic amines is 1. The number of aromatic nitrogens is 2. The van der Waals surface area contributed by atoms with Crippen molar-refractivity contribution in [3.63, 3.8) is 0 Å². The number of halogens is 2. The Morgan fingerprint density at radius 3 is 2.54 bits per heavy atom. The Morgan fingerprint density at radius 1 is 0.980 bits per heavy atom. The first-order valence-electron chi connectivity index (χ1n) is 16.5. The molecule has 0 aliphatic carbocycles. The third-order valence-corrected chi connectivity index (χ3v) is 8.61. The molecular weight excluding hydrogens is 640 g/mol. The number of likely N-dealkylation sites (N-methyl/N-ethyl adjacent to an activating group) is 1. The van der Waals surface area contributed by atoms with Gasteiger partial charge in [0.25, 0.3) is 17.7 Å². The molecule has 260 valence electrons. The summed E-state index contributed by atoms with van der Waals surface area (Å²) < 4.78 is 26.7. The highest BCUT2D eigenvalue weighted by atomic mass is 19.2. The van der Waals surface area contributed by atoms with Crippen molar-refractivity contribution in [1.29, 1.82) is 0 Å². The standard InChI is InChI=1S/C38H41F2N7O3/c1-5-47(6-2)18-17-43-38(50)34-23(3)32(45-24(34)4)21-29-27-13-11-25(20-33(27)46-37(29)49)9-7-15-41-35-28(10-8-16-42-35)36(48)44-22-26-12-14-30(39)31(40)19-26/h7-14,16,19-21,45H,5-6,15,17-18,22H2,1-4H3,(H,41,42)(H,43,50)(H,44,48)(H,46,49). The molecule has 0 spiro atoms. The molecule has 5 rings (SSSR count). The summed E-state index contributed by atoms with van der Waals surface area (Å²) in [5, 5.41) is 11.8. The summed E-state index contributed by atoms with van der Waals surface area (Å²) in [6, 6.07) is 12.4. The molecule has 2 aromatic carbocycles. The number of anilines is 2. The summed E-state index contributed by atoms with van der Waals surface area (Å²) >= 11 is 0. The molecule has 0 radical (unpaired) electrons. The lowest BCUT2D eigenvalue weighted by Crippen LogP contribution is -2.35. The molecule has 2 aromatic heterocycles. The number of rotatable bonds is 14. The largest absolute Gasteiger partial charge is 0.366 e. The molecule has 5 N–H and O–H groups in total. The Morgan fingerprint density at radius 2 is 1.78 bits per heavy atom. The fourth-order valence-corrected chi connectivity index (χ4v) is 5.83. The average Bonchev–Trinajstić information content (AvgIpc) is 3.57. The van der Waals surface area contributed by atoms with Crippen LogP contribution in [0.25, 0.3) is 17.7 Å². The fourth-order valence-electron chi connectivity index (χ4n) is 5.83. The average molecular weight is 682 g/mol. The predicted molar refractivity (Wildman–Crippen MR) is 193 cm³/mol. The maximum Gasteiger partial charge on any atom is 0.256 e. The lowest BCUT2D eigenvalue weighted by molar-refractivity contribution is -0.110. The van der Waals surface area contributed by atoms with E-state index in [2.05, 4.69) is 50.0 Å². The number of benzene rings is 2. The molecule has 10 nitrogen and oxygen atoms in total. The van der Waals surface area contributed by atoms with Gasteiger partial charge in [0.05, 0.1) is 16.7 Å². The normalized spacial score (nSPS) is 13.2. The Balaban J connectivity index is 1.21. The summed E-state index contributed by atoms with van der Waals surface area (Å²) in [5.74, 6) is -2.35. The zero-order chi connectivity index (χ0) is 35.8. The fraction of sp³-hybridized carbons (Fsp3) is 0.263. The Hall–Kier alpha value is -5.62. The van der Waals surface area contributed by atoms with Crippen LogP contribution in [-0.2, 0) is 11.3 Å². The van der Waals surface area contributed by atoms with Gasteiger partial charge in [-0.1, -0.05) is 44.2 Å². The van der Waals surface area contributed by atoms with Crippen LogP contribution in [0.1, 0.15) is 68.2 Å². The smallest absolute Gasteiger partial charge is 0.256 e. The number of hydrogen-bond donors (Lipinski definition) is 5. The van der Waals surface area contributed by atoms with Gasteiger partial charge in [-0.25, -0.2) is 13.8 Å². The van der Waals surface area contributed by atoms with Crippen LogP contribution in [0.5, 0.6) is 0 Å². The molecule has 0 saturated heterocycles. The van der Waals surface area contributed by atoms with Crippen molar-refractivity contribution < 1.29 is 23.2 Å². The minimum Gasteiger partial charge on any atom is -0.366 e. The van der Waals surface area contributed by atoms with Crippen molar-refractivity contribution in [1.82, 2.24) is 25.5 Å². The van der Waals surface area contributed by atoms with Crippen LogP contribution in [0, 0.1) is 25.5 Å². The van der Waals surface area contributed by atoms with Gasteiger partial charge in [-0.3, -0.25) is 14.4 Å². The first-order chi connectivity index (χ1) is 24.1. The Kier molecular flexibility index (Phi) is 11.6. The number of H-pyrrole nitrogens is 1. The molecule has 12 heteroatoms. The second-order valence-corrected chi connectivity index (χ2v) is 11.9. The number of carbonyl (C=O) groups excluding carboxylic acids is 3. The van der Waals surface area contributed by atoms with Gasteiger partial charge in [0.15, 0.2) is 11.6 Å². The van der Waals surface area contributed by atoms with E-state index in [4.69, 9.17) is 0 Å². The van der Waals surface area contributed by atoms with Gasteiger partial charge in [0, 0.05) is 55.0 Å². The first-order valence-corrected chi connectivity index (χ1v) is 16.5. The van der Waals surface area contributed by atoms with Crippen LogP contribution in [0.15, 0.2) is 60.8 Å². The molecule has 0 fully saturated rings. The van der Waals surface area contributed by atoms with Crippen molar-refractivity contribution >= 4 is 47.0 Å². The van der Waals surface area contributed by atoms with Crippen LogP contribution in [-0.4, -0.2) is 65.3 Å². The third-order valence-electron chi connectivity index (χ3n) is 8.61. The molecule has 0 unspecified atom stereocenters. The van der Waals surface area contributed by atoms with Crippen molar-refractivity contribution in [2.24, 2.45) is 0 Å². The summed E-state index contributed by atoms with van der Waals surface area (Å²) in [4.78, 5) is 48.7. The molecule has 50 heavy (non-hydrogen) atoms. The van der Waals surface area contributed by atoms with E-state index in [0.717, 1.165) is 54.2 Å². The highest BCUT2D eigenvalue weighted by molar-refractivity contribution is 6.35. The number of nitrogens with one attached hydrogen (secondary N) is 5. The minimum absolute atomic E-state index is 0.0237. The molecular formula is C38H41F2N7O3. The van der Waals surface area contributed by atoms with Crippen LogP contribution in [0.4, 0.5) is 20.3 Å². The van der Waals surface area contributed by atoms with Gasteiger partial charge in [0.1, 0.15) is 5.82 Å². The SMILES string of the molecule is CCN(CC)CCNC(=O)c1c(C)[nH]c(C=C2C(=O)Nc3cc(C=CCNc4ncccc4C(=O)NCc4ccc(F)c(F)c4)ccc32)c1C. The Bertz CT molecular complexity index is 1960. The van der Waals surface area contributed by atoms with Crippen LogP contribution >= 0.6 is 0 Å². The Labute approximate surface area is 290 Å². The van der Waals surface area contributed by atoms with Gasteiger partial charge >= 0.3 is 0 Å². The molecule has 3 amide bonds. The highest BCUT2D eigenvalue weighted by Gasteiger charge is 2.26. The van der Waals surface area contributed by atoms with Crippen molar-refractivity contribution in [2.75, 3.05) is 43.4 Å². The quantitative estimate of drug-likeness (QED) is 0.105. The molecule has 3 heterocycles. The van der Waals surface area contributed by atoms with Gasteiger partial charge in [-0.2, -0.15) is 0 Å². The lowest BCUT2D eigenvalue weighted by atomic mass is 10.0. The summed E-state index contributed by atoms with van der Waals surface area (Å²) in [7, 11) is 0. The second kappa shape index (κ2) is 16.2. The number of aryl methyl sites for hydroxylation is 1. The van der Waals surface area contributed by atoms with Crippen LogP contribution < -0.4 is 21.3 Å². The van der Waals surface area contributed by atoms with E-state index in [0.29, 0.717) is 52.6 Å². The van der Waals surface area contributed by atoms with E-state index in [9.17, 15) is 23.2 Å². The second-order valence-electron chi connectivity index (χ2n) is 11.9. The summed E-state index contributed by atoms with van der Waals surface area (Å²) in [6.07, 6.45) is 7.10. The van der Waals surface area contributed by atoms with E-state index < -0.39 is 17.5 Å². The monoisotopic (exact) mass is 681 g/mol. The number of hydrogen-bond acceptors (Lipinski definition) is 6. The summed E-state index contributed by atoms with van der Waals surface area (Å²) in [6.45, 7) is 11.5. The van der Waals surface area contributed by atoms with Gasteiger partial charge < -0.3 is 31.2 Å². The number of amides is 3. The molecule has 4 aromatic rings. The van der Waals surface area contributed by atoms with Gasteiger partial charge in [-0.15, -0.1) is 0 Å². The first kappa shape index (κ1) is 35.7. The van der Waals surface area contributed by atoms with Gasteiger partial charge in [-0.05, 0) is 80.0 Å². The molecule has 1 aliphatic rings. The topological polar surface area (TPSA) is 131 Å². The zero-order valence-electron chi connectivity index (χ0n) is 28.5. The van der Waals surface area contributed by atoms with E-state index in [1.807, 2.05) is 44.2 Å². The number of pyridine rings is 1. The van der Waals surface area contributed by atoms with E-state index in [1.165, 1.54) is 6.07 Å². The zero-order valence-corrected chi connectivity index (χ0v) is 28.5. The van der Waals surface area contributed by atoms with Gasteiger partial charge in [0.2, 0.25) is 0 Å². The molecule has 1 aliphatic heterocycles.